The van der Waals surface area contributed by atoms with Gasteiger partial charge in [-0.15, -0.1) is 0 Å². The Labute approximate surface area is 168 Å². The van der Waals surface area contributed by atoms with E-state index in [0.717, 1.165) is 27.2 Å². The molecule has 0 saturated carbocycles. The first-order valence-corrected chi connectivity index (χ1v) is 10.5. The van der Waals surface area contributed by atoms with E-state index in [1.54, 1.807) is 19.1 Å². The second-order valence-corrected chi connectivity index (χ2v) is 8.55. The smallest absolute Gasteiger partial charge is 0.265 e. The van der Waals surface area contributed by atoms with Crippen LogP contribution >= 0.6 is 0 Å². The Bertz CT molecular complexity index is 1280. The fourth-order valence-electron chi connectivity index (χ4n) is 3.44. The van der Waals surface area contributed by atoms with E-state index < -0.39 is 21.6 Å². The summed E-state index contributed by atoms with van der Waals surface area (Å²) < 4.78 is 46.3. The maximum atomic E-state index is 13.7. The number of likely N-dealkylation sites (N-methyl/N-ethyl adjacent to an activating group) is 1. The van der Waals surface area contributed by atoms with E-state index in [9.17, 15) is 17.6 Å². The quantitative estimate of drug-likeness (QED) is 0.604. The van der Waals surface area contributed by atoms with Gasteiger partial charge in [-0.1, -0.05) is 36.4 Å². The van der Waals surface area contributed by atoms with Crippen LogP contribution in [0.3, 0.4) is 0 Å². The van der Waals surface area contributed by atoms with Crippen LogP contribution in [0.1, 0.15) is 22.8 Å². The Hall–Kier alpha value is -3.19. The molecule has 0 N–H and O–H groups in total. The van der Waals surface area contributed by atoms with E-state index in [1.807, 2.05) is 30.3 Å². The van der Waals surface area contributed by atoms with Crippen LogP contribution in [-0.2, 0) is 14.8 Å². The summed E-state index contributed by atoms with van der Waals surface area (Å²) in [6.07, 6.45) is 0. The monoisotopic (exact) mass is 411 g/mol. The fourth-order valence-corrected chi connectivity index (χ4v) is 4.84. The number of carbonyl (C=O) groups is 1. The van der Waals surface area contributed by atoms with E-state index in [-0.39, 0.29) is 28.5 Å². The number of hydrogen-bond donors (Lipinski definition) is 0. The highest BCUT2D eigenvalue weighted by atomic mass is 32.2. The van der Waals surface area contributed by atoms with Gasteiger partial charge in [0.15, 0.2) is 5.76 Å². The molecular weight excluding hydrogens is 393 g/mol. The molecule has 1 heterocycles. The van der Waals surface area contributed by atoms with Gasteiger partial charge in [-0.05, 0) is 42.0 Å². The van der Waals surface area contributed by atoms with Gasteiger partial charge in [0.2, 0.25) is 5.78 Å². The van der Waals surface area contributed by atoms with E-state index in [2.05, 4.69) is 0 Å². The first kappa shape index (κ1) is 19.1. The van der Waals surface area contributed by atoms with Crippen LogP contribution in [-0.4, -0.2) is 32.2 Å². The van der Waals surface area contributed by atoms with Crippen LogP contribution in [0.15, 0.2) is 71.3 Å². The van der Waals surface area contributed by atoms with Crippen LogP contribution in [0.2, 0.25) is 0 Å². The van der Waals surface area contributed by atoms with Crippen molar-refractivity contribution in [3.63, 3.8) is 0 Å². The molecule has 0 bridgehead atoms. The topological polar surface area (TPSA) is 63.7 Å². The summed E-state index contributed by atoms with van der Waals surface area (Å²) in [7, 11) is -2.83. The molecule has 0 amide bonds. The number of ketones is 1. The van der Waals surface area contributed by atoms with Crippen molar-refractivity contribution in [2.45, 2.75) is 11.8 Å². The molecule has 4 rings (SSSR count). The maximum absolute atomic E-state index is 13.7. The van der Waals surface area contributed by atoms with Crippen molar-refractivity contribution in [3.05, 3.63) is 83.3 Å². The van der Waals surface area contributed by atoms with Gasteiger partial charge < -0.3 is 4.74 Å². The second kappa shape index (κ2) is 7.00. The lowest BCUT2D eigenvalue weighted by Gasteiger charge is -2.30. The van der Waals surface area contributed by atoms with Crippen LogP contribution in [0.25, 0.3) is 16.5 Å². The van der Waals surface area contributed by atoms with Gasteiger partial charge >= 0.3 is 0 Å². The Morgan fingerprint density at radius 1 is 1.03 bits per heavy atom. The van der Waals surface area contributed by atoms with Gasteiger partial charge in [0.05, 0.1) is 6.61 Å². The Morgan fingerprint density at radius 2 is 1.76 bits per heavy atom. The molecule has 29 heavy (non-hydrogen) atoms. The zero-order valence-electron chi connectivity index (χ0n) is 15.8. The van der Waals surface area contributed by atoms with Crippen LogP contribution in [0.4, 0.5) is 4.39 Å². The van der Waals surface area contributed by atoms with Crippen molar-refractivity contribution < 1.29 is 22.3 Å². The lowest BCUT2D eigenvalue weighted by molar-refractivity contribution is 0.101. The molecule has 0 atom stereocenters. The van der Waals surface area contributed by atoms with Crippen molar-refractivity contribution in [1.82, 2.24) is 4.31 Å². The average molecular weight is 411 g/mol. The fraction of sp³-hybridized carbons (Fsp3) is 0.136. The molecule has 3 aromatic carbocycles. The van der Waals surface area contributed by atoms with Gasteiger partial charge in [-0.3, -0.25) is 9.10 Å². The Morgan fingerprint density at radius 3 is 2.48 bits per heavy atom. The van der Waals surface area contributed by atoms with Crippen LogP contribution < -0.4 is 0 Å². The molecule has 0 aromatic heterocycles. The van der Waals surface area contributed by atoms with Crippen LogP contribution in [0, 0.1) is 5.82 Å². The summed E-state index contributed by atoms with van der Waals surface area (Å²) in [5, 5.41) is 1.83. The first-order chi connectivity index (χ1) is 13.8. The molecule has 0 aliphatic carbocycles. The lowest BCUT2D eigenvalue weighted by atomic mass is 10.0. The summed E-state index contributed by atoms with van der Waals surface area (Å²) in [6, 6.07) is 16.2. The molecule has 0 spiro atoms. The molecular formula is C22H18FNO4S. The predicted octanol–water partition coefficient (Wildman–Crippen LogP) is 4.20. The summed E-state index contributed by atoms with van der Waals surface area (Å²) in [4.78, 5) is 13.2. The highest BCUT2D eigenvalue weighted by Gasteiger charge is 2.39. The highest BCUT2D eigenvalue weighted by molar-refractivity contribution is 7.89. The molecule has 0 fully saturated rings. The van der Waals surface area contributed by atoms with Crippen molar-refractivity contribution in [2.24, 2.45) is 0 Å². The average Bonchev–Trinajstić information content (AvgIpc) is 2.72. The van der Waals surface area contributed by atoms with E-state index in [0.29, 0.717) is 5.56 Å². The van der Waals surface area contributed by atoms with Crippen LogP contribution in [0.5, 0.6) is 0 Å². The Kier molecular flexibility index (Phi) is 4.62. The number of ether oxygens (including phenoxy) is 1. The van der Waals surface area contributed by atoms with Crippen molar-refractivity contribution in [2.75, 3.05) is 13.7 Å². The number of sulfonamides is 1. The van der Waals surface area contributed by atoms with Gasteiger partial charge in [0.1, 0.15) is 16.4 Å². The largest absolute Gasteiger partial charge is 0.491 e. The van der Waals surface area contributed by atoms with Gasteiger partial charge in [-0.25, -0.2) is 12.8 Å². The number of carbonyl (C=O) groups excluding carboxylic acids is 1. The molecule has 0 radical (unpaired) electrons. The van der Waals surface area contributed by atoms with Crippen molar-refractivity contribution in [1.29, 1.82) is 0 Å². The molecule has 1 aliphatic rings. The van der Waals surface area contributed by atoms with E-state index >= 15 is 0 Å². The number of halogens is 1. The van der Waals surface area contributed by atoms with Gasteiger partial charge in [-0.2, -0.15) is 0 Å². The minimum Gasteiger partial charge on any atom is -0.491 e. The number of nitrogens with zero attached hydrogens (tertiary/aromatic N) is 1. The lowest BCUT2D eigenvalue weighted by Crippen LogP contribution is -2.35. The number of hydrogen-bond acceptors (Lipinski definition) is 4. The zero-order chi connectivity index (χ0) is 20.8. The Balaban J connectivity index is 1.95. The molecule has 1 aliphatic heterocycles. The van der Waals surface area contributed by atoms with E-state index in [4.69, 9.17) is 4.74 Å². The second-order valence-electron chi connectivity index (χ2n) is 6.61. The SMILES string of the molecule is CCOC1=C(C(=O)c2ccc3ccccc3c2)N(C)S(=O)(=O)c2cc(F)ccc21. The molecule has 3 aromatic rings. The third kappa shape index (κ3) is 3.07. The standard InChI is InChI=1S/C22H18FNO4S/c1-3-28-22-18-11-10-17(23)13-19(18)29(26,27)24(2)20(22)21(25)16-9-8-14-6-4-5-7-15(14)12-16/h4-13H,3H2,1-2H3. The summed E-state index contributed by atoms with van der Waals surface area (Å²) in [6.45, 7) is 1.95. The van der Waals surface area contributed by atoms with Crippen molar-refractivity contribution >= 4 is 32.3 Å². The van der Waals surface area contributed by atoms with Gasteiger partial charge in [0.25, 0.3) is 10.0 Å². The minimum absolute atomic E-state index is 0.0961. The maximum Gasteiger partial charge on any atom is 0.265 e. The minimum atomic E-state index is -4.10. The summed E-state index contributed by atoms with van der Waals surface area (Å²) in [5.74, 6) is -1.04. The molecule has 148 valence electrons. The number of rotatable bonds is 4. The van der Waals surface area contributed by atoms with E-state index in [1.165, 1.54) is 13.1 Å². The molecule has 0 saturated heterocycles. The zero-order valence-corrected chi connectivity index (χ0v) is 16.7. The highest BCUT2D eigenvalue weighted by Crippen LogP contribution is 2.38. The number of benzene rings is 3. The predicted molar refractivity (Wildman–Crippen MR) is 108 cm³/mol. The van der Waals surface area contributed by atoms with Gasteiger partial charge in [0, 0.05) is 18.2 Å². The molecule has 0 unspecified atom stereocenters. The normalized spacial score (nSPS) is 15.3. The third-order valence-corrected chi connectivity index (χ3v) is 6.67. The third-order valence-electron chi connectivity index (χ3n) is 4.87. The molecule has 5 nitrogen and oxygen atoms in total. The number of fused-ring (bicyclic) bond motifs is 2. The first-order valence-electron chi connectivity index (χ1n) is 9.04. The number of Topliss-reactive ketones (excluding diaryl/α,β-unsaturated/α-hetero) is 1. The van der Waals surface area contributed by atoms with Crippen molar-refractivity contribution in [3.8, 4) is 0 Å². The summed E-state index contributed by atoms with van der Waals surface area (Å²) in [5.41, 5.74) is 0.417. The molecule has 7 heteroatoms. The summed E-state index contributed by atoms with van der Waals surface area (Å²) >= 11 is 0. The number of allylic oxidation sites excluding steroid dienone is 1.